The second-order valence-electron chi connectivity index (χ2n) is 5.23. The van der Waals surface area contributed by atoms with Gasteiger partial charge in [-0.2, -0.15) is 0 Å². The average molecular weight is 215 g/mol. The second-order valence-corrected chi connectivity index (χ2v) is 5.23. The zero-order chi connectivity index (χ0) is 11.2. The van der Waals surface area contributed by atoms with Gasteiger partial charge in [-0.15, -0.1) is 0 Å². The molecule has 84 valence electrons. The van der Waals surface area contributed by atoms with Crippen LogP contribution >= 0.6 is 0 Å². The maximum Gasteiger partial charge on any atom is 0.229 e. The van der Waals surface area contributed by atoms with E-state index < -0.39 is 0 Å². The lowest BCUT2D eigenvalue weighted by Gasteiger charge is -2.16. The standard InChI is InChI=1S/C14H17NO/c1-11-9-15(13(16)14(11)7-8-14)10-12-5-3-2-4-6-12/h2-6,11H,7-10H2,1H3/t11-/m1/s1. The van der Waals surface area contributed by atoms with E-state index in [4.69, 9.17) is 0 Å². The third-order valence-electron chi connectivity index (χ3n) is 4.16. The Balaban J connectivity index is 1.76. The van der Waals surface area contributed by atoms with Crippen molar-refractivity contribution in [1.29, 1.82) is 0 Å². The molecule has 3 rings (SSSR count). The number of hydrogen-bond acceptors (Lipinski definition) is 1. The minimum atomic E-state index is 0.0504. The third-order valence-corrected chi connectivity index (χ3v) is 4.16. The van der Waals surface area contributed by atoms with Crippen LogP contribution in [0.2, 0.25) is 0 Å². The second kappa shape index (κ2) is 3.34. The summed E-state index contributed by atoms with van der Waals surface area (Å²) < 4.78 is 0. The van der Waals surface area contributed by atoms with Gasteiger partial charge in [-0.25, -0.2) is 0 Å². The van der Waals surface area contributed by atoms with E-state index in [0.717, 1.165) is 25.9 Å². The van der Waals surface area contributed by atoms with Crippen LogP contribution < -0.4 is 0 Å². The maximum atomic E-state index is 12.2. The molecule has 1 aliphatic carbocycles. The number of carbonyl (C=O) groups is 1. The van der Waals surface area contributed by atoms with Crippen LogP contribution in [0.3, 0.4) is 0 Å². The number of rotatable bonds is 2. The predicted molar refractivity (Wildman–Crippen MR) is 62.7 cm³/mol. The van der Waals surface area contributed by atoms with Crippen LogP contribution in [0.1, 0.15) is 25.3 Å². The zero-order valence-corrected chi connectivity index (χ0v) is 9.65. The van der Waals surface area contributed by atoms with Crippen molar-refractivity contribution >= 4 is 5.91 Å². The summed E-state index contributed by atoms with van der Waals surface area (Å²) in [6.45, 7) is 3.94. The van der Waals surface area contributed by atoms with Crippen LogP contribution in [-0.4, -0.2) is 17.4 Å². The summed E-state index contributed by atoms with van der Waals surface area (Å²) in [4.78, 5) is 14.3. The molecule has 1 spiro atoms. The van der Waals surface area contributed by atoms with E-state index in [0.29, 0.717) is 11.8 Å². The quantitative estimate of drug-likeness (QED) is 0.742. The highest BCUT2D eigenvalue weighted by Crippen LogP contribution is 2.57. The SMILES string of the molecule is C[C@@H]1CN(Cc2ccccc2)C(=O)C12CC2. The Labute approximate surface area is 96.3 Å². The Morgan fingerprint density at radius 3 is 2.56 bits per heavy atom. The summed E-state index contributed by atoms with van der Waals surface area (Å²) in [5, 5.41) is 0. The van der Waals surface area contributed by atoms with E-state index >= 15 is 0 Å². The Morgan fingerprint density at radius 1 is 1.31 bits per heavy atom. The molecule has 1 saturated heterocycles. The molecule has 1 aliphatic heterocycles. The van der Waals surface area contributed by atoms with Crippen molar-refractivity contribution < 1.29 is 4.79 Å². The number of nitrogens with zero attached hydrogens (tertiary/aromatic N) is 1. The fourth-order valence-electron chi connectivity index (χ4n) is 2.90. The fourth-order valence-corrected chi connectivity index (χ4v) is 2.90. The van der Waals surface area contributed by atoms with E-state index in [1.807, 2.05) is 23.1 Å². The molecule has 0 bridgehead atoms. The van der Waals surface area contributed by atoms with Crippen molar-refractivity contribution in [3.05, 3.63) is 35.9 Å². The molecule has 1 saturated carbocycles. The molecule has 2 fully saturated rings. The molecule has 0 radical (unpaired) electrons. The molecule has 1 heterocycles. The average Bonchev–Trinajstić information content (AvgIpc) is 3.06. The third kappa shape index (κ3) is 1.36. The molecule has 1 aromatic rings. The van der Waals surface area contributed by atoms with Crippen molar-refractivity contribution in [2.75, 3.05) is 6.54 Å². The number of likely N-dealkylation sites (tertiary alicyclic amines) is 1. The summed E-state index contributed by atoms with van der Waals surface area (Å²) in [6.07, 6.45) is 2.22. The van der Waals surface area contributed by atoms with Gasteiger partial charge in [0, 0.05) is 13.1 Å². The van der Waals surface area contributed by atoms with Gasteiger partial charge in [0.2, 0.25) is 5.91 Å². The molecule has 2 nitrogen and oxygen atoms in total. The molecular weight excluding hydrogens is 198 g/mol. The Morgan fingerprint density at radius 2 is 2.00 bits per heavy atom. The number of carbonyl (C=O) groups excluding carboxylic acids is 1. The van der Waals surface area contributed by atoms with E-state index in [1.165, 1.54) is 5.56 Å². The molecule has 16 heavy (non-hydrogen) atoms. The summed E-state index contributed by atoms with van der Waals surface area (Å²) in [6, 6.07) is 10.3. The van der Waals surface area contributed by atoms with Crippen LogP contribution in [-0.2, 0) is 11.3 Å². The summed E-state index contributed by atoms with van der Waals surface area (Å²) in [7, 11) is 0. The Bertz CT molecular complexity index is 408. The van der Waals surface area contributed by atoms with E-state index in [-0.39, 0.29) is 5.41 Å². The fraction of sp³-hybridized carbons (Fsp3) is 0.500. The Kier molecular flexibility index (Phi) is 2.06. The van der Waals surface area contributed by atoms with Crippen molar-refractivity contribution in [3.8, 4) is 0 Å². The van der Waals surface area contributed by atoms with Crippen LogP contribution in [0.15, 0.2) is 30.3 Å². The topological polar surface area (TPSA) is 20.3 Å². The van der Waals surface area contributed by atoms with Crippen molar-refractivity contribution in [1.82, 2.24) is 4.90 Å². The lowest BCUT2D eigenvalue weighted by Crippen LogP contribution is -2.27. The number of benzene rings is 1. The minimum Gasteiger partial charge on any atom is -0.338 e. The molecule has 1 amide bonds. The first-order valence-electron chi connectivity index (χ1n) is 6.06. The highest BCUT2D eigenvalue weighted by atomic mass is 16.2. The van der Waals surface area contributed by atoms with Crippen LogP contribution in [0.4, 0.5) is 0 Å². The van der Waals surface area contributed by atoms with Gasteiger partial charge in [-0.1, -0.05) is 37.3 Å². The van der Waals surface area contributed by atoms with Gasteiger partial charge < -0.3 is 4.90 Å². The van der Waals surface area contributed by atoms with Gasteiger partial charge in [-0.05, 0) is 24.3 Å². The highest BCUT2D eigenvalue weighted by molar-refractivity contribution is 5.87. The van der Waals surface area contributed by atoms with E-state index in [1.54, 1.807) is 0 Å². The predicted octanol–water partition coefficient (Wildman–Crippen LogP) is 2.45. The van der Waals surface area contributed by atoms with Crippen LogP contribution in [0.5, 0.6) is 0 Å². The summed E-state index contributed by atoms with van der Waals surface area (Å²) in [5.74, 6) is 0.938. The normalized spacial score (nSPS) is 26.4. The largest absolute Gasteiger partial charge is 0.338 e. The molecule has 0 aromatic heterocycles. The smallest absolute Gasteiger partial charge is 0.229 e. The van der Waals surface area contributed by atoms with E-state index in [9.17, 15) is 4.79 Å². The first-order chi connectivity index (χ1) is 7.72. The molecule has 0 unspecified atom stereocenters. The Hall–Kier alpha value is -1.31. The van der Waals surface area contributed by atoms with Gasteiger partial charge in [-0.3, -0.25) is 4.79 Å². The van der Waals surface area contributed by atoms with Gasteiger partial charge in [0.25, 0.3) is 0 Å². The van der Waals surface area contributed by atoms with Crippen molar-refractivity contribution in [3.63, 3.8) is 0 Å². The van der Waals surface area contributed by atoms with Gasteiger partial charge in [0.05, 0.1) is 5.41 Å². The minimum absolute atomic E-state index is 0.0504. The molecule has 2 heteroatoms. The first kappa shape index (κ1) is 9.88. The lowest BCUT2D eigenvalue weighted by atomic mass is 9.94. The molecule has 1 aromatic carbocycles. The zero-order valence-electron chi connectivity index (χ0n) is 9.65. The van der Waals surface area contributed by atoms with Crippen molar-refractivity contribution in [2.24, 2.45) is 11.3 Å². The van der Waals surface area contributed by atoms with E-state index in [2.05, 4.69) is 19.1 Å². The van der Waals surface area contributed by atoms with Crippen LogP contribution in [0.25, 0.3) is 0 Å². The van der Waals surface area contributed by atoms with Gasteiger partial charge >= 0.3 is 0 Å². The molecule has 1 atom stereocenters. The lowest BCUT2D eigenvalue weighted by molar-refractivity contribution is -0.132. The highest BCUT2D eigenvalue weighted by Gasteiger charge is 2.59. The molecular formula is C14H17NO. The van der Waals surface area contributed by atoms with Gasteiger partial charge in [0.1, 0.15) is 0 Å². The summed E-state index contributed by atoms with van der Waals surface area (Å²) in [5.41, 5.74) is 1.29. The van der Waals surface area contributed by atoms with Crippen LogP contribution in [0, 0.1) is 11.3 Å². The number of hydrogen-bond donors (Lipinski definition) is 0. The molecule has 2 aliphatic rings. The maximum absolute atomic E-state index is 12.2. The van der Waals surface area contributed by atoms with Crippen molar-refractivity contribution in [2.45, 2.75) is 26.3 Å². The molecule has 0 N–H and O–H groups in total. The monoisotopic (exact) mass is 215 g/mol. The first-order valence-corrected chi connectivity index (χ1v) is 6.06. The summed E-state index contributed by atoms with van der Waals surface area (Å²) >= 11 is 0. The van der Waals surface area contributed by atoms with Gasteiger partial charge in [0.15, 0.2) is 0 Å². The number of amides is 1.